The molecule has 2 aromatic rings. The number of thioether (sulfide) groups is 1. The number of benzene rings is 2. The van der Waals surface area contributed by atoms with Crippen molar-refractivity contribution in [3.8, 4) is 0 Å². The molecule has 2 nitrogen and oxygen atoms in total. The van der Waals surface area contributed by atoms with Gasteiger partial charge >= 0.3 is 0 Å². The summed E-state index contributed by atoms with van der Waals surface area (Å²) in [6.07, 6.45) is 1.26. The maximum Gasteiger partial charge on any atom is 0.0496 e. The third-order valence-electron chi connectivity index (χ3n) is 3.75. The first-order valence-electron chi connectivity index (χ1n) is 6.41. The number of fused-ring (bicyclic) bond motifs is 1. The van der Waals surface area contributed by atoms with E-state index in [0.29, 0.717) is 5.92 Å². The molecule has 2 aromatic carbocycles. The molecule has 0 aromatic heterocycles. The van der Waals surface area contributed by atoms with Crippen molar-refractivity contribution in [2.24, 2.45) is 11.8 Å². The summed E-state index contributed by atoms with van der Waals surface area (Å²) in [4.78, 5) is 0. The van der Waals surface area contributed by atoms with Crippen LogP contribution in [-0.2, 0) is 0 Å². The predicted octanol–water partition coefficient (Wildman–Crippen LogP) is 3.10. The summed E-state index contributed by atoms with van der Waals surface area (Å²) in [5.41, 5.74) is 4.32. The third-order valence-corrected chi connectivity index (χ3v) is 4.94. The molecule has 0 aliphatic carbocycles. The monoisotopic (exact) mass is 258 g/mol. The minimum atomic E-state index is 0.282. The minimum Gasteiger partial charge on any atom is -0.271 e. The van der Waals surface area contributed by atoms with Gasteiger partial charge in [0.25, 0.3) is 0 Å². The van der Waals surface area contributed by atoms with Crippen LogP contribution in [0.1, 0.15) is 18.0 Å². The van der Waals surface area contributed by atoms with Gasteiger partial charge in [0.15, 0.2) is 0 Å². The topological polar surface area (TPSA) is 38.0 Å². The van der Waals surface area contributed by atoms with Crippen molar-refractivity contribution in [1.29, 1.82) is 0 Å². The lowest BCUT2D eigenvalue weighted by Crippen LogP contribution is -2.33. The van der Waals surface area contributed by atoms with Gasteiger partial charge in [-0.1, -0.05) is 36.4 Å². The highest BCUT2D eigenvalue weighted by Crippen LogP contribution is 2.34. The number of nitrogens with one attached hydrogen (secondary N) is 1. The van der Waals surface area contributed by atoms with Crippen LogP contribution in [0.15, 0.2) is 42.5 Å². The Balaban J connectivity index is 1.96. The second-order valence-corrected chi connectivity index (χ2v) is 6.02. The van der Waals surface area contributed by atoms with Gasteiger partial charge in [0.1, 0.15) is 0 Å². The van der Waals surface area contributed by atoms with Gasteiger partial charge in [-0.25, -0.2) is 0 Å². The van der Waals surface area contributed by atoms with Gasteiger partial charge in [-0.05, 0) is 46.2 Å². The minimum absolute atomic E-state index is 0.282. The van der Waals surface area contributed by atoms with E-state index in [-0.39, 0.29) is 6.04 Å². The van der Waals surface area contributed by atoms with E-state index in [1.165, 1.54) is 34.3 Å². The Labute approximate surface area is 112 Å². The van der Waals surface area contributed by atoms with Crippen LogP contribution in [-0.4, -0.2) is 11.5 Å². The summed E-state index contributed by atoms with van der Waals surface area (Å²) in [6.45, 7) is 0. The van der Waals surface area contributed by atoms with Crippen LogP contribution < -0.4 is 11.3 Å². The highest BCUT2D eigenvalue weighted by atomic mass is 32.2. The zero-order valence-corrected chi connectivity index (χ0v) is 11.1. The molecule has 94 valence electrons. The number of hydrazine groups is 1. The summed E-state index contributed by atoms with van der Waals surface area (Å²) in [5, 5.41) is 2.58. The average molecular weight is 258 g/mol. The number of rotatable bonds is 3. The molecule has 1 aliphatic heterocycles. The van der Waals surface area contributed by atoms with Crippen LogP contribution in [0.2, 0.25) is 0 Å². The number of nitrogens with two attached hydrogens (primary N) is 1. The average Bonchev–Trinajstić information content (AvgIpc) is 2.93. The number of hydrogen-bond donors (Lipinski definition) is 2. The van der Waals surface area contributed by atoms with Crippen LogP contribution in [0, 0.1) is 5.92 Å². The molecular weight excluding hydrogens is 240 g/mol. The van der Waals surface area contributed by atoms with E-state index in [4.69, 9.17) is 5.84 Å². The molecule has 1 saturated heterocycles. The van der Waals surface area contributed by atoms with Crippen molar-refractivity contribution < 1.29 is 0 Å². The lowest BCUT2D eigenvalue weighted by atomic mass is 9.91. The molecule has 3 heteroatoms. The normalized spacial score (nSPS) is 21.3. The molecule has 0 spiro atoms. The summed E-state index contributed by atoms with van der Waals surface area (Å²) in [7, 11) is 0. The quantitative estimate of drug-likeness (QED) is 0.656. The fraction of sp³-hybridized carbons (Fsp3) is 0.333. The maximum atomic E-state index is 5.77. The van der Waals surface area contributed by atoms with E-state index in [0.717, 1.165) is 0 Å². The van der Waals surface area contributed by atoms with E-state index in [1.807, 2.05) is 11.8 Å². The first kappa shape index (κ1) is 12.0. The molecule has 1 aliphatic rings. The van der Waals surface area contributed by atoms with Crippen molar-refractivity contribution in [1.82, 2.24) is 5.43 Å². The van der Waals surface area contributed by atoms with E-state index in [2.05, 4.69) is 47.9 Å². The largest absolute Gasteiger partial charge is 0.271 e. The van der Waals surface area contributed by atoms with E-state index < -0.39 is 0 Å². The van der Waals surface area contributed by atoms with E-state index in [9.17, 15) is 0 Å². The highest BCUT2D eigenvalue weighted by molar-refractivity contribution is 7.99. The van der Waals surface area contributed by atoms with Crippen LogP contribution in [0.5, 0.6) is 0 Å². The van der Waals surface area contributed by atoms with E-state index in [1.54, 1.807) is 0 Å². The third kappa shape index (κ3) is 2.26. The predicted molar refractivity (Wildman–Crippen MR) is 79.4 cm³/mol. The molecule has 18 heavy (non-hydrogen) atoms. The van der Waals surface area contributed by atoms with Gasteiger partial charge in [0.05, 0.1) is 0 Å². The van der Waals surface area contributed by atoms with E-state index >= 15 is 0 Å². The van der Waals surface area contributed by atoms with Gasteiger partial charge in [0, 0.05) is 6.04 Å². The molecule has 1 fully saturated rings. The SMILES string of the molecule is NNC(c1ccc2ccccc2c1)C1CCSC1. The standard InChI is InChI=1S/C15H18N2S/c16-17-15(14-7-8-18-10-14)13-6-5-11-3-1-2-4-12(11)9-13/h1-6,9,14-15,17H,7-8,10,16H2. The van der Waals surface area contributed by atoms with Crippen LogP contribution in [0.25, 0.3) is 10.8 Å². The highest BCUT2D eigenvalue weighted by Gasteiger charge is 2.25. The zero-order chi connectivity index (χ0) is 12.4. The first-order valence-corrected chi connectivity index (χ1v) is 7.56. The second kappa shape index (κ2) is 5.31. The van der Waals surface area contributed by atoms with Crippen molar-refractivity contribution in [3.63, 3.8) is 0 Å². The Bertz CT molecular complexity index is 535. The van der Waals surface area contributed by atoms with Crippen molar-refractivity contribution in [2.75, 3.05) is 11.5 Å². The molecule has 0 radical (unpaired) electrons. The fourth-order valence-corrected chi connectivity index (χ4v) is 4.02. The molecule has 3 N–H and O–H groups in total. The molecule has 2 unspecified atom stereocenters. The lowest BCUT2D eigenvalue weighted by Gasteiger charge is -2.22. The smallest absolute Gasteiger partial charge is 0.0496 e. The lowest BCUT2D eigenvalue weighted by molar-refractivity contribution is 0.401. The Kier molecular flexibility index (Phi) is 3.55. The second-order valence-electron chi connectivity index (χ2n) is 4.87. The molecule has 1 heterocycles. The molecule has 0 saturated carbocycles. The molecule has 0 amide bonds. The summed E-state index contributed by atoms with van der Waals surface area (Å²) in [5.74, 6) is 8.89. The summed E-state index contributed by atoms with van der Waals surface area (Å²) < 4.78 is 0. The first-order chi connectivity index (χ1) is 8.88. The maximum absolute atomic E-state index is 5.77. The van der Waals surface area contributed by atoms with Gasteiger partial charge in [-0.2, -0.15) is 11.8 Å². The van der Waals surface area contributed by atoms with Crippen LogP contribution >= 0.6 is 11.8 Å². The molecule has 0 bridgehead atoms. The molecule has 3 rings (SSSR count). The van der Waals surface area contributed by atoms with Gasteiger partial charge in [-0.15, -0.1) is 0 Å². The van der Waals surface area contributed by atoms with Gasteiger partial charge < -0.3 is 0 Å². The van der Waals surface area contributed by atoms with Crippen molar-refractivity contribution in [3.05, 3.63) is 48.0 Å². The zero-order valence-electron chi connectivity index (χ0n) is 10.3. The van der Waals surface area contributed by atoms with Gasteiger partial charge in [0.2, 0.25) is 0 Å². The van der Waals surface area contributed by atoms with Crippen LogP contribution in [0.3, 0.4) is 0 Å². The van der Waals surface area contributed by atoms with Crippen molar-refractivity contribution in [2.45, 2.75) is 12.5 Å². The van der Waals surface area contributed by atoms with Crippen molar-refractivity contribution >= 4 is 22.5 Å². The van der Waals surface area contributed by atoms with Crippen LogP contribution in [0.4, 0.5) is 0 Å². The summed E-state index contributed by atoms with van der Waals surface area (Å²) >= 11 is 2.03. The summed E-state index contributed by atoms with van der Waals surface area (Å²) in [6, 6.07) is 15.4. The fourth-order valence-electron chi connectivity index (χ4n) is 2.72. The Hall–Kier alpha value is -1.03. The molecule has 2 atom stereocenters. The molecular formula is C15H18N2S. The Morgan fingerprint density at radius 3 is 2.72 bits per heavy atom. The Morgan fingerprint density at radius 1 is 1.17 bits per heavy atom. The van der Waals surface area contributed by atoms with Gasteiger partial charge in [-0.3, -0.25) is 11.3 Å². The Morgan fingerprint density at radius 2 is 2.00 bits per heavy atom. The number of hydrogen-bond acceptors (Lipinski definition) is 3.